The SMILES string of the molecule is CC([S+]=O)C(C)(C)C[S+]([O-])C(C)(C)C(C)C. The highest BCUT2D eigenvalue weighted by Crippen LogP contribution is 2.33. The lowest BCUT2D eigenvalue weighted by Crippen LogP contribution is -2.45. The van der Waals surface area contributed by atoms with Crippen molar-refractivity contribution in [3.8, 4) is 0 Å². The molecular formula is C12H25O2S2+. The molecule has 0 aromatic rings. The van der Waals surface area contributed by atoms with Gasteiger partial charge >= 0.3 is 11.7 Å². The summed E-state index contributed by atoms with van der Waals surface area (Å²) in [6.07, 6.45) is 0. The maximum absolute atomic E-state index is 12.3. The van der Waals surface area contributed by atoms with E-state index in [0.29, 0.717) is 23.3 Å². The highest BCUT2D eigenvalue weighted by molar-refractivity contribution is 7.92. The molecule has 0 radical (unpaired) electrons. The molecule has 0 bridgehead atoms. The zero-order chi connectivity index (χ0) is 13.1. The molecule has 96 valence electrons. The van der Waals surface area contributed by atoms with E-state index in [1.165, 1.54) is 0 Å². The van der Waals surface area contributed by atoms with Gasteiger partial charge in [0, 0.05) is 10.1 Å². The van der Waals surface area contributed by atoms with Crippen molar-refractivity contribution in [3.05, 3.63) is 0 Å². The lowest BCUT2D eigenvalue weighted by molar-refractivity contribution is 0.386. The summed E-state index contributed by atoms with van der Waals surface area (Å²) in [5.74, 6) is 0.966. The summed E-state index contributed by atoms with van der Waals surface area (Å²) in [4.78, 5) is 0. The minimum absolute atomic E-state index is 0.0144. The van der Waals surface area contributed by atoms with E-state index in [9.17, 15) is 8.76 Å². The van der Waals surface area contributed by atoms with Gasteiger partial charge in [-0.1, -0.05) is 13.8 Å². The van der Waals surface area contributed by atoms with E-state index in [2.05, 4.69) is 13.8 Å². The van der Waals surface area contributed by atoms with E-state index in [-0.39, 0.29) is 15.4 Å². The van der Waals surface area contributed by atoms with Crippen LogP contribution >= 0.6 is 0 Å². The van der Waals surface area contributed by atoms with E-state index in [4.69, 9.17) is 0 Å². The third-order valence-electron chi connectivity index (χ3n) is 3.73. The molecule has 2 nitrogen and oxygen atoms in total. The molecule has 0 aliphatic heterocycles. The van der Waals surface area contributed by atoms with Crippen LogP contribution in [-0.2, 0) is 27.1 Å². The van der Waals surface area contributed by atoms with Crippen molar-refractivity contribution in [2.75, 3.05) is 5.75 Å². The lowest BCUT2D eigenvalue weighted by Gasteiger charge is -2.35. The van der Waals surface area contributed by atoms with Crippen LogP contribution in [-0.4, -0.2) is 20.3 Å². The Hall–Kier alpha value is 0.330. The van der Waals surface area contributed by atoms with E-state index in [0.717, 1.165) is 0 Å². The molecule has 0 heterocycles. The highest BCUT2D eigenvalue weighted by atomic mass is 32.2. The maximum atomic E-state index is 12.3. The summed E-state index contributed by atoms with van der Waals surface area (Å²) in [5.41, 5.74) is -0.177. The van der Waals surface area contributed by atoms with Gasteiger partial charge in [-0.2, -0.15) is 0 Å². The van der Waals surface area contributed by atoms with Gasteiger partial charge in [0.05, 0.1) is 5.41 Å². The Morgan fingerprint density at radius 2 is 1.62 bits per heavy atom. The maximum Gasteiger partial charge on any atom is 0.462 e. The molecule has 0 aliphatic carbocycles. The predicted molar refractivity (Wildman–Crippen MR) is 73.2 cm³/mol. The fraction of sp³-hybridized carbons (Fsp3) is 1.00. The van der Waals surface area contributed by atoms with Crippen LogP contribution in [0.3, 0.4) is 0 Å². The van der Waals surface area contributed by atoms with Crippen LogP contribution in [0.2, 0.25) is 0 Å². The average molecular weight is 265 g/mol. The monoisotopic (exact) mass is 265 g/mol. The first kappa shape index (κ1) is 16.3. The fourth-order valence-corrected chi connectivity index (χ4v) is 3.31. The quantitative estimate of drug-likeness (QED) is 0.693. The van der Waals surface area contributed by atoms with Crippen LogP contribution < -0.4 is 0 Å². The van der Waals surface area contributed by atoms with Crippen molar-refractivity contribution in [3.63, 3.8) is 0 Å². The standard InChI is InChI=1S/C12H25O2S2/c1-9(2)12(6,7)16(14)8-11(4,5)10(3)15-13/h9-10H,8H2,1-7H3/q+1. The van der Waals surface area contributed by atoms with E-state index >= 15 is 0 Å². The minimum Gasteiger partial charge on any atom is -0.616 e. The first-order valence-corrected chi connectivity index (χ1v) is 7.85. The topological polar surface area (TPSA) is 40.1 Å². The fourth-order valence-electron chi connectivity index (χ4n) is 1.03. The number of hydrogen-bond donors (Lipinski definition) is 0. The van der Waals surface area contributed by atoms with Crippen LogP contribution in [0.1, 0.15) is 48.5 Å². The summed E-state index contributed by atoms with van der Waals surface area (Å²) in [6, 6.07) is 0. The molecular weight excluding hydrogens is 240 g/mol. The zero-order valence-corrected chi connectivity index (χ0v) is 13.1. The second-order valence-electron chi connectivity index (χ2n) is 5.98. The molecule has 4 heteroatoms. The molecule has 0 fully saturated rings. The average Bonchev–Trinajstić information content (AvgIpc) is 2.15. The summed E-state index contributed by atoms with van der Waals surface area (Å²) >= 11 is -0.296. The summed E-state index contributed by atoms with van der Waals surface area (Å²) in [6.45, 7) is 14.2. The molecule has 2 unspecified atom stereocenters. The molecule has 0 aliphatic rings. The molecule has 2 atom stereocenters. The molecule has 0 aromatic heterocycles. The Morgan fingerprint density at radius 3 is 1.94 bits per heavy atom. The molecule has 0 saturated carbocycles. The second kappa shape index (κ2) is 5.78. The smallest absolute Gasteiger partial charge is 0.462 e. The van der Waals surface area contributed by atoms with Crippen LogP contribution in [0.15, 0.2) is 0 Å². The zero-order valence-electron chi connectivity index (χ0n) is 11.5. The van der Waals surface area contributed by atoms with Gasteiger partial charge in [0.15, 0.2) is 0 Å². The third-order valence-corrected chi connectivity index (χ3v) is 7.30. The summed E-state index contributed by atoms with van der Waals surface area (Å²) < 4.78 is 23.0. The Morgan fingerprint density at radius 1 is 1.19 bits per heavy atom. The van der Waals surface area contributed by atoms with Crippen molar-refractivity contribution in [1.29, 1.82) is 0 Å². The van der Waals surface area contributed by atoms with Gasteiger partial charge in [0.1, 0.15) is 10.5 Å². The lowest BCUT2D eigenvalue weighted by atomic mass is 9.92. The minimum atomic E-state index is -0.904. The number of rotatable bonds is 6. The van der Waals surface area contributed by atoms with Crippen LogP contribution in [0.4, 0.5) is 0 Å². The first-order chi connectivity index (χ1) is 7.05. The van der Waals surface area contributed by atoms with Gasteiger partial charge in [0.2, 0.25) is 5.25 Å². The second-order valence-corrected chi connectivity index (χ2v) is 8.91. The molecule has 0 amide bonds. The Bertz CT molecular complexity index is 237. The van der Waals surface area contributed by atoms with Gasteiger partial charge in [-0.05, 0) is 45.8 Å². The largest absolute Gasteiger partial charge is 0.616 e. The molecule has 0 aromatic carbocycles. The van der Waals surface area contributed by atoms with Gasteiger partial charge in [-0.25, -0.2) is 0 Å². The Kier molecular flexibility index (Phi) is 5.90. The van der Waals surface area contributed by atoms with Crippen LogP contribution in [0.5, 0.6) is 0 Å². The van der Waals surface area contributed by atoms with Crippen LogP contribution in [0.25, 0.3) is 0 Å². The van der Waals surface area contributed by atoms with E-state index in [1.807, 2.05) is 34.6 Å². The van der Waals surface area contributed by atoms with Gasteiger partial charge in [-0.15, -0.1) is 0 Å². The third kappa shape index (κ3) is 3.97. The molecule has 0 rings (SSSR count). The van der Waals surface area contributed by atoms with Crippen molar-refractivity contribution >= 4 is 22.8 Å². The normalized spacial score (nSPS) is 17.3. The van der Waals surface area contributed by atoms with E-state index < -0.39 is 11.2 Å². The highest BCUT2D eigenvalue weighted by Gasteiger charge is 2.45. The van der Waals surface area contributed by atoms with Gasteiger partial charge in [0.25, 0.3) is 0 Å². The van der Waals surface area contributed by atoms with E-state index in [1.54, 1.807) is 0 Å². The van der Waals surface area contributed by atoms with Crippen molar-refractivity contribution in [2.45, 2.75) is 58.5 Å². The van der Waals surface area contributed by atoms with Crippen molar-refractivity contribution < 1.29 is 8.76 Å². The van der Waals surface area contributed by atoms with Crippen molar-refractivity contribution in [1.82, 2.24) is 0 Å². The van der Waals surface area contributed by atoms with Gasteiger partial charge in [-0.3, -0.25) is 0 Å². The first-order valence-electron chi connectivity index (χ1n) is 5.72. The molecule has 0 N–H and O–H groups in total. The molecule has 16 heavy (non-hydrogen) atoms. The van der Waals surface area contributed by atoms with Gasteiger partial charge < -0.3 is 4.55 Å². The Labute approximate surface area is 107 Å². The number of hydrogen-bond acceptors (Lipinski definition) is 2. The predicted octanol–water partition coefficient (Wildman–Crippen LogP) is 3.01. The van der Waals surface area contributed by atoms with Crippen molar-refractivity contribution in [2.24, 2.45) is 11.3 Å². The van der Waals surface area contributed by atoms with Crippen LogP contribution in [0, 0.1) is 11.3 Å². The summed E-state index contributed by atoms with van der Waals surface area (Å²) in [7, 11) is 0. The molecule has 0 spiro atoms. The molecule has 0 saturated heterocycles. The Balaban J connectivity index is 4.67. The summed E-state index contributed by atoms with van der Waals surface area (Å²) in [5, 5.41) is -0.0144.